The molecule has 0 saturated carbocycles. The molecular formula is C10H14ClNO3S2. The number of sulfonamides is 1. The van der Waals surface area contributed by atoms with Gasteiger partial charge in [-0.1, -0.05) is 11.6 Å². The Labute approximate surface area is 110 Å². The molecule has 1 unspecified atom stereocenters. The van der Waals surface area contributed by atoms with Crippen molar-refractivity contribution in [3.8, 4) is 0 Å². The second kappa shape index (κ2) is 5.24. The van der Waals surface area contributed by atoms with Gasteiger partial charge in [0.25, 0.3) is 10.0 Å². The van der Waals surface area contributed by atoms with Crippen molar-refractivity contribution in [2.75, 3.05) is 20.2 Å². The molecule has 1 aromatic heterocycles. The molecule has 1 atom stereocenters. The maximum absolute atomic E-state index is 12.2. The van der Waals surface area contributed by atoms with Crippen LogP contribution in [0.15, 0.2) is 16.3 Å². The fraction of sp³-hybridized carbons (Fsp3) is 0.600. The summed E-state index contributed by atoms with van der Waals surface area (Å²) in [7, 11) is -1.84. The number of halogens is 1. The van der Waals surface area contributed by atoms with E-state index in [2.05, 4.69) is 0 Å². The highest BCUT2D eigenvalue weighted by molar-refractivity contribution is 7.91. The molecule has 2 rings (SSSR count). The van der Waals surface area contributed by atoms with Gasteiger partial charge in [0.05, 0.1) is 10.4 Å². The van der Waals surface area contributed by atoms with Gasteiger partial charge in [0, 0.05) is 20.2 Å². The van der Waals surface area contributed by atoms with Crippen LogP contribution < -0.4 is 0 Å². The monoisotopic (exact) mass is 295 g/mol. The van der Waals surface area contributed by atoms with Crippen LogP contribution in [-0.4, -0.2) is 39.0 Å². The molecule has 1 fully saturated rings. The molecule has 4 nitrogen and oxygen atoms in total. The molecule has 0 amide bonds. The van der Waals surface area contributed by atoms with E-state index in [9.17, 15) is 8.42 Å². The molecule has 0 spiro atoms. The van der Waals surface area contributed by atoms with E-state index < -0.39 is 10.0 Å². The predicted molar refractivity (Wildman–Crippen MR) is 68.1 cm³/mol. The first-order valence-corrected chi connectivity index (χ1v) is 7.97. The number of likely N-dealkylation sites (N-methyl/N-ethyl adjacent to an activating group) is 1. The largest absolute Gasteiger partial charge is 0.377 e. The maximum atomic E-state index is 12.2. The molecule has 1 aliphatic heterocycles. The van der Waals surface area contributed by atoms with Crippen molar-refractivity contribution in [1.82, 2.24) is 4.31 Å². The third-order valence-electron chi connectivity index (χ3n) is 2.70. The lowest BCUT2D eigenvalue weighted by Crippen LogP contribution is -2.33. The van der Waals surface area contributed by atoms with E-state index in [1.165, 1.54) is 10.4 Å². The SMILES string of the molecule is CN(CC1CCCO1)S(=O)(=O)c1ccc(Cl)s1. The lowest BCUT2D eigenvalue weighted by atomic mass is 10.2. The molecule has 2 heterocycles. The van der Waals surface area contributed by atoms with Crippen molar-refractivity contribution in [2.45, 2.75) is 23.2 Å². The third-order valence-corrected chi connectivity index (χ3v) is 6.22. The van der Waals surface area contributed by atoms with E-state index in [1.54, 1.807) is 13.1 Å². The first-order chi connectivity index (χ1) is 8.00. The smallest absolute Gasteiger partial charge is 0.252 e. The Morgan fingerprint density at radius 2 is 2.35 bits per heavy atom. The first-order valence-electron chi connectivity index (χ1n) is 5.33. The second-order valence-electron chi connectivity index (χ2n) is 3.98. The predicted octanol–water partition coefficient (Wildman–Crippen LogP) is 2.20. The standard InChI is InChI=1S/C10H14ClNO3S2/c1-12(7-8-3-2-6-15-8)17(13,14)10-5-4-9(11)16-10/h4-5,8H,2-3,6-7H2,1H3. The summed E-state index contributed by atoms with van der Waals surface area (Å²) in [4.78, 5) is 0. The minimum absolute atomic E-state index is 0.0187. The van der Waals surface area contributed by atoms with E-state index in [0.717, 1.165) is 30.8 Å². The van der Waals surface area contributed by atoms with Crippen molar-refractivity contribution in [1.29, 1.82) is 0 Å². The summed E-state index contributed by atoms with van der Waals surface area (Å²) in [6, 6.07) is 3.13. The summed E-state index contributed by atoms with van der Waals surface area (Å²) in [6.07, 6.45) is 1.94. The highest BCUT2D eigenvalue weighted by atomic mass is 35.5. The van der Waals surface area contributed by atoms with Gasteiger partial charge in [-0.3, -0.25) is 0 Å². The minimum atomic E-state index is -3.42. The molecule has 0 bridgehead atoms. The van der Waals surface area contributed by atoms with E-state index >= 15 is 0 Å². The van der Waals surface area contributed by atoms with E-state index in [0.29, 0.717) is 10.9 Å². The Kier molecular flexibility index (Phi) is 4.10. The average Bonchev–Trinajstić information content (AvgIpc) is 2.89. The van der Waals surface area contributed by atoms with Crippen LogP contribution in [0.25, 0.3) is 0 Å². The van der Waals surface area contributed by atoms with Gasteiger partial charge in [-0.15, -0.1) is 11.3 Å². The zero-order chi connectivity index (χ0) is 12.5. The number of hydrogen-bond donors (Lipinski definition) is 0. The van der Waals surface area contributed by atoms with Gasteiger partial charge in [0.2, 0.25) is 0 Å². The Morgan fingerprint density at radius 1 is 1.59 bits per heavy atom. The summed E-state index contributed by atoms with van der Waals surface area (Å²) < 4.78 is 31.8. The summed E-state index contributed by atoms with van der Waals surface area (Å²) in [5, 5.41) is 0. The van der Waals surface area contributed by atoms with E-state index in [4.69, 9.17) is 16.3 Å². The number of ether oxygens (including phenoxy) is 1. The Balaban J connectivity index is 2.09. The van der Waals surface area contributed by atoms with Crippen LogP contribution in [-0.2, 0) is 14.8 Å². The van der Waals surface area contributed by atoms with Crippen LogP contribution >= 0.6 is 22.9 Å². The highest BCUT2D eigenvalue weighted by Gasteiger charge is 2.27. The van der Waals surface area contributed by atoms with Crippen LogP contribution in [0.1, 0.15) is 12.8 Å². The fourth-order valence-electron chi connectivity index (χ4n) is 1.76. The molecule has 1 aliphatic rings. The van der Waals surface area contributed by atoms with Crippen molar-refractivity contribution in [3.63, 3.8) is 0 Å². The van der Waals surface area contributed by atoms with Gasteiger partial charge in [-0.2, -0.15) is 4.31 Å². The molecule has 7 heteroatoms. The Hall–Kier alpha value is -0.140. The molecule has 0 N–H and O–H groups in total. The quantitative estimate of drug-likeness (QED) is 0.855. The van der Waals surface area contributed by atoms with E-state index in [1.807, 2.05) is 0 Å². The van der Waals surface area contributed by atoms with Gasteiger partial charge < -0.3 is 4.74 Å². The third kappa shape index (κ3) is 3.00. The average molecular weight is 296 g/mol. The van der Waals surface area contributed by atoms with Crippen molar-refractivity contribution in [2.24, 2.45) is 0 Å². The highest BCUT2D eigenvalue weighted by Crippen LogP contribution is 2.28. The molecule has 0 aromatic carbocycles. The zero-order valence-corrected chi connectivity index (χ0v) is 11.8. The van der Waals surface area contributed by atoms with Gasteiger partial charge >= 0.3 is 0 Å². The molecule has 96 valence electrons. The van der Waals surface area contributed by atoms with Gasteiger partial charge in [0.15, 0.2) is 0 Å². The van der Waals surface area contributed by atoms with Crippen LogP contribution in [0.4, 0.5) is 0 Å². The molecule has 1 saturated heterocycles. The molecular weight excluding hydrogens is 282 g/mol. The second-order valence-corrected chi connectivity index (χ2v) is 7.97. The van der Waals surface area contributed by atoms with Crippen LogP contribution in [0.5, 0.6) is 0 Å². The Morgan fingerprint density at radius 3 is 2.88 bits per heavy atom. The van der Waals surface area contributed by atoms with Gasteiger partial charge in [-0.05, 0) is 25.0 Å². The normalized spacial score (nSPS) is 21.2. The lowest BCUT2D eigenvalue weighted by molar-refractivity contribution is 0.0979. The van der Waals surface area contributed by atoms with E-state index in [-0.39, 0.29) is 10.3 Å². The number of nitrogens with zero attached hydrogens (tertiary/aromatic N) is 1. The lowest BCUT2D eigenvalue weighted by Gasteiger charge is -2.19. The zero-order valence-electron chi connectivity index (χ0n) is 9.43. The number of thiophene rings is 1. The van der Waals surface area contributed by atoms with Crippen molar-refractivity contribution in [3.05, 3.63) is 16.5 Å². The van der Waals surface area contributed by atoms with Crippen LogP contribution in [0.3, 0.4) is 0 Å². The minimum Gasteiger partial charge on any atom is -0.377 e. The first kappa shape index (κ1) is 13.3. The van der Waals surface area contributed by atoms with Gasteiger partial charge in [-0.25, -0.2) is 8.42 Å². The van der Waals surface area contributed by atoms with Gasteiger partial charge in [0.1, 0.15) is 4.21 Å². The summed E-state index contributed by atoms with van der Waals surface area (Å²) in [5.74, 6) is 0. The fourth-order valence-corrected chi connectivity index (χ4v) is 4.66. The number of hydrogen-bond acceptors (Lipinski definition) is 4. The van der Waals surface area contributed by atoms with Crippen molar-refractivity contribution < 1.29 is 13.2 Å². The molecule has 0 aliphatic carbocycles. The van der Waals surface area contributed by atoms with Crippen molar-refractivity contribution >= 4 is 33.0 Å². The topological polar surface area (TPSA) is 46.6 Å². The summed E-state index contributed by atoms with van der Waals surface area (Å²) in [5.41, 5.74) is 0. The van der Waals surface area contributed by atoms with Crippen LogP contribution in [0.2, 0.25) is 4.34 Å². The Bertz CT molecular complexity index is 479. The molecule has 17 heavy (non-hydrogen) atoms. The summed E-state index contributed by atoms with van der Waals surface area (Å²) >= 11 is 6.83. The van der Waals surface area contributed by atoms with Crippen LogP contribution in [0, 0.1) is 0 Å². The molecule has 1 aromatic rings. The summed E-state index contributed by atoms with van der Waals surface area (Å²) in [6.45, 7) is 1.13. The number of rotatable bonds is 4. The molecule has 0 radical (unpaired) electrons. The maximum Gasteiger partial charge on any atom is 0.252 e.